The predicted octanol–water partition coefficient (Wildman–Crippen LogP) is 1.19. The maximum absolute atomic E-state index is 11.2. The van der Waals surface area contributed by atoms with Gasteiger partial charge >= 0.3 is 5.97 Å². The average molecular weight is 227 g/mol. The van der Waals surface area contributed by atoms with Gasteiger partial charge < -0.3 is 9.47 Å². The lowest BCUT2D eigenvalue weighted by Gasteiger charge is -2.36. The summed E-state index contributed by atoms with van der Waals surface area (Å²) in [6.45, 7) is 2.65. The van der Waals surface area contributed by atoms with Gasteiger partial charge in [-0.2, -0.15) is 0 Å². The van der Waals surface area contributed by atoms with Crippen molar-refractivity contribution in [2.24, 2.45) is 0 Å². The number of ether oxygens (including phenoxy) is 2. The zero-order chi connectivity index (χ0) is 11.4. The van der Waals surface area contributed by atoms with Crippen LogP contribution >= 0.6 is 0 Å². The Balaban J connectivity index is 1.81. The first-order chi connectivity index (χ1) is 7.79. The van der Waals surface area contributed by atoms with Crippen LogP contribution < -0.4 is 0 Å². The van der Waals surface area contributed by atoms with Crippen molar-refractivity contribution in [1.29, 1.82) is 0 Å². The molecule has 1 aliphatic carbocycles. The zero-order valence-corrected chi connectivity index (χ0v) is 9.98. The van der Waals surface area contributed by atoms with Crippen LogP contribution in [0.15, 0.2) is 0 Å². The number of nitrogens with zero attached hydrogens (tertiary/aromatic N) is 1. The fraction of sp³-hybridized carbons (Fsp3) is 0.917. The van der Waals surface area contributed by atoms with E-state index in [1.54, 1.807) is 0 Å². The van der Waals surface area contributed by atoms with E-state index in [9.17, 15) is 4.79 Å². The van der Waals surface area contributed by atoms with Gasteiger partial charge in [-0.25, -0.2) is 0 Å². The molecule has 1 unspecified atom stereocenters. The number of rotatable bonds is 3. The van der Waals surface area contributed by atoms with Gasteiger partial charge in [0.2, 0.25) is 0 Å². The highest BCUT2D eigenvalue weighted by Gasteiger charge is 2.29. The van der Waals surface area contributed by atoms with Crippen molar-refractivity contribution in [3.05, 3.63) is 0 Å². The first-order valence-electron chi connectivity index (χ1n) is 6.22. The Morgan fingerprint density at radius 1 is 1.44 bits per heavy atom. The number of hydrogen-bond acceptors (Lipinski definition) is 4. The fourth-order valence-electron chi connectivity index (χ4n) is 2.74. The molecule has 4 heteroatoms. The lowest BCUT2D eigenvalue weighted by Crippen LogP contribution is -2.47. The number of carbonyl (C=O) groups is 1. The molecule has 92 valence electrons. The molecule has 0 aromatic carbocycles. The van der Waals surface area contributed by atoms with Crippen molar-refractivity contribution < 1.29 is 14.3 Å². The van der Waals surface area contributed by atoms with E-state index in [1.807, 2.05) is 0 Å². The van der Waals surface area contributed by atoms with Gasteiger partial charge in [0.1, 0.15) is 0 Å². The van der Waals surface area contributed by atoms with Gasteiger partial charge in [0, 0.05) is 19.1 Å². The van der Waals surface area contributed by atoms with E-state index in [4.69, 9.17) is 4.74 Å². The molecule has 2 aliphatic rings. The van der Waals surface area contributed by atoms with Crippen LogP contribution in [0.4, 0.5) is 0 Å². The Morgan fingerprint density at radius 3 is 2.88 bits per heavy atom. The second-order valence-electron chi connectivity index (χ2n) is 4.71. The summed E-state index contributed by atoms with van der Waals surface area (Å²) in [5.74, 6) is -0.168. The Bertz CT molecular complexity index is 238. The molecule has 4 nitrogen and oxygen atoms in total. The normalized spacial score (nSPS) is 28.2. The minimum Gasteiger partial charge on any atom is -0.469 e. The van der Waals surface area contributed by atoms with E-state index < -0.39 is 0 Å². The van der Waals surface area contributed by atoms with Crippen molar-refractivity contribution in [3.63, 3.8) is 0 Å². The Labute approximate surface area is 96.9 Å². The maximum Gasteiger partial charge on any atom is 0.308 e. The zero-order valence-electron chi connectivity index (χ0n) is 9.98. The highest BCUT2D eigenvalue weighted by molar-refractivity contribution is 5.69. The summed E-state index contributed by atoms with van der Waals surface area (Å²) in [5.41, 5.74) is 0. The van der Waals surface area contributed by atoms with E-state index in [1.165, 1.54) is 32.8 Å². The highest BCUT2D eigenvalue weighted by atomic mass is 16.5. The number of methoxy groups -OCH3 is 1. The molecule has 0 amide bonds. The molecule has 1 atom stereocenters. The number of morpholine rings is 1. The Hall–Kier alpha value is -0.610. The van der Waals surface area contributed by atoms with Crippen LogP contribution in [-0.4, -0.2) is 49.8 Å². The topological polar surface area (TPSA) is 38.8 Å². The molecule has 2 fully saturated rings. The van der Waals surface area contributed by atoms with Crippen molar-refractivity contribution in [2.75, 3.05) is 26.8 Å². The van der Waals surface area contributed by atoms with E-state index in [0.717, 1.165) is 25.7 Å². The third kappa shape index (κ3) is 2.95. The van der Waals surface area contributed by atoms with Crippen molar-refractivity contribution in [1.82, 2.24) is 4.90 Å². The standard InChI is InChI=1S/C12H21NO3/c1-15-12(14)8-11-9-13(6-7-16-11)10-4-2-3-5-10/h10-11H,2-9H2,1H3. The van der Waals surface area contributed by atoms with Crippen LogP contribution in [0.1, 0.15) is 32.1 Å². The minimum absolute atomic E-state index is 0.0294. The quantitative estimate of drug-likeness (QED) is 0.679. The molecule has 0 aromatic heterocycles. The number of carbonyl (C=O) groups excluding carboxylic acids is 1. The van der Waals surface area contributed by atoms with Gasteiger partial charge in [-0.05, 0) is 12.8 Å². The van der Waals surface area contributed by atoms with E-state index in [-0.39, 0.29) is 12.1 Å². The van der Waals surface area contributed by atoms with Gasteiger partial charge in [0.25, 0.3) is 0 Å². The van der Waals surface area contributed by atoms with Gasteiger partial charge in [-0.1, -0.05) is 12.8 Å². The summed E-state index contributed by atoms with van der Waals surface area (Å²) in [5, 5.41) is 0. The van der Waals surface area contributed by atoms with Crippen LogP contribution in [0.3, 0.4) is 0 Å². The van der Waals surface area contributed by atoms with Gasteiger partial charge in [0.05, 0.1) is 26.2 Å². The molecule has 2 rings (SSSR count). The third-order valence-electron chi connectivity index (χ3n) is 3.63. The molecular formula is C12H21NO3. The lowest BCUT2D eigenvalue weighted by atomic mass is 10.1. The smallest absolute Gasteiger partial charge is 0.308 e. The summed E-state index contributed by atoms with van der Waals surface area (Å²) in [6, 6.07) is 0.726. The Morgan fingerprint density at radius 2 is 2.19 bits per heavy atom. The van der Waals surface area contributed by atoms with E-state index in [2.05, 4.69) is 9.64 Å². The van der Waals surface area contributed by atoms with Gasteiger partial charge in [0.15, 0.2) is 0 Å². The van der Waals surface area contributed by atoms with Crippen LogP contribution in [0.2, 0.25) is 0 Å². The van der Waals surface area contributed by atoms with Crippen molar-refractivity contribution >= 4 is 5.97 Å². The van der Waals surface area contributed by atoms with Crippen LogP contribution in [0.5, 0.6) is 0 Å². The first-order valence-corrected chi connectivity index (χ1v) is 6.22. The van der Waals surface area contributed by atoms with Crippen molar-refractivity contribution in [3.8, 4) is 0 Å². The van der Waals surface area contributed by atoms with Crippen molar-refractivity contribution in [2.45, 2.75) is 44.2 Å². The molecule has 0 bridgehead atoms. The maximum atomic E-state index is 11.2. The van der Waals surface area contributed by atoms with Crippen LogP contribution in [0, 0.1) is 0 Å². The fourth-order valence-corrected chi connectivity index (χ4v) is 2.74. The predicted molar refractivity (Wildman–Crippen MR) is 60.2 cm³/mol. The monoisotopic (exact) mass is 227 g/mol. The molecule has 0 radical (unpaired) electrons. The molecule has 1 saturated carbocycles. The van der Waals surface area contributed by atoms with Crippen LogP contribution in [0.25, 0.3) is 0 Å². The van der Waals surface area contributed by atoms with Gasteiger partial charge in [-0.3, -0.25) is 9.69 Å². The molecule has 0 spiro atoms. The van der Waals surface area contributed by atoms with Crippen LogP contribution in [-0.2, 0) is 14.3 Å². The molecule has 0 N–H and O–H groups in total. The summed E-state index contributed by atoms with van der Waals surface area (Å²) in [6.07, 6.45) is 5.74. The molecule has 0 aromatic rings. The molecule has 1 aliphatic heterocycles. The third-order valence-corrected chi connectivity index (χ3v) is 3.63. The highest BCUT2D eigenvalue weighted by Crippen LogP contribution is 2.25. The van der Waals surface area contributed by atoms with E-state index in [0.29, 0.717) is 6.42 Å². The Kier molecular flexibility index (Phi) is 4.18. The SMILES string of the molecule is COC(=O)CC1CN(C2CCCC2)CCO1. The first kappa shape index (κ1) is 11.9. The molecular weight excluding hydrogens is 206 g/mol. The lowest BCUT2D eigenvalue weighted by molar-refractivity contribution is -0.146. The number of hydrogen-bond donors (Lipinski definition) is 0. The number of esters is 1. The van der Waals surface area contributed by atoms with E-state index >= 15 is 0 Å². The summed E-state index contributed by atoms with van der Waals surface area (Å²) in [7, 11) is 1.43. The summed E-state index contributed by atoms with van der Waals surface area (Å²) in [4.78, 5) is 13.7. The average Bonchev–Trinajstić information content (AvgIpc) is 2.83. The van der Waals surface area contributed by atoms with Gasteiger partial charge in [-0.15, -0.1) is 0 Å². The summed E-state index contributed by atoms with van der Waals surface area (Å²) >= 11 is 0. The summed E-state index contributed by atoms with van der Waals surface area (Å²) < 4.78 is 10.3. The second-order valence-corrected chi connectivity index (χ2v) is 4.71. The minimum atomic E-state index is -0.168. The largest absolute Gasteiger partial charge is 0.469 e. The molecule has 16 heavy (non-hydrogen) atoms. The second kappa shape index (κ2) is 5.64. The molecule has 1 heterocycles. The molecule has 1 saturated heterocycles.